The first-order chi connectivity index (χ1) is 43.4. The van der Waals surface area contributed by atoms with Crippen molar-refractivity contribution in [2.75, 3.05) is 68.6 Å². The van der Waals surface area contributed by atoms with Gasteiger partial charge in [-0.2, -0.15) is 0 Å². The molecule has 0 aromatic heterocycles. The molecule has 0 amide bonds. The first kappa shape index (κ1) is 96.1. The Hall–Kier alpha value is -0.340. The highest BCUT2D eigenvalue weighted by atomic mass is 32.3. The fraction of sp³-hybridized carbons (Fsp3) is 1.00. The van der Waals surface area contributed by atoms with Gasteiger partial charge in [0.15, 0.2) is 0 Å². The lowest BCUT2D eigenvalue weighted by atomic mass is 10.0. The van der Waals surface area contributed by atoms with Gasteiger partial charge in [0.2, 0.25) is 20.8 Å². The van der Waals surface area contributed by atoms with Crippen molar-refractivity contribution < 1.29 is 43.3 Å². The van der Waals surface area contributed by atoms with E-state index in [-0.39, 0.29) is 0 Å². The first-order valence-electron chi connectivity index (χ1n) is 40.0. The van der Waals surface area contributed by atoms with Crippen LogP contribution in [0.15, 0.2) is 0 Å². The third-order valence-corrected chi connectivity index (χ3v) is 19.7. The lowest BCUT2D eigenvalue weighted by Crippen LogP contribution is -2.41. The van der Waals surface area contributed by atoms with Crippen LogP contribution >= 0.6 is 0 Å². The van der Waals surface area contributed by atoms with Gasteiger partial charge in [0.1, 0.15) is 0 Å². The number of hydrogen-bond donors (Lipinski definition) is 0. The van der Waals surface area contributed by atoms with Crippen molar-refractivity contribution in [3.05, 3.63) is 0 Å². The van der Waals surface area contributed by atoms with Crippen LogP contribution in [0.4, 0.5) is 0 Å². The van der Waals surface area contributed by atoms with Gasteiger partial charge < -0.3 is 18.1 Å². The maximum atomic E-state index is 9.22. The fourth-order valence-corrected chi connectivity index (χ4v) is 12.6. The zero-order valence-corrected chi connectivity index (χ0v) is 64.7. The summed E-state index contributed by atoms with van der Waals surface area (Å²) in [5, 5.41) is 0. The Balaban J connectivity index is -0.000000692. The summed E-state index contributed by atoms with van der Waals surface area (Å²) in [4.78, 5) is 0. The van der Waals surface area contributed by atoms with Crippen LogP contribution in [-0.2, 0) is 29.2 Å². The standard InChI is InChI=1S/2C38H80N.2CH4O4S/c2*1-5-7-9-11-13-15-17-19-21-23-25-27-29-31-33-35-37-39(3,4)38-36-34-32-30-28-26-24-22-20-18-16-14-12-10-8-6-2;2*1-5-6(2,3)4/h2*5-38H2,1-4H3;2*1H3,(H,2,3,4)/q2*+1;;/p-2. The summed E-state index contributed by atoms with van der Waals surface area (Å²) in [5.41, 5.74) is 0. The molecule has 0 unspecified atom stereocenters. The van der Waals surface area contributed by atoms with Crippen LogP contribution in [0.1, 0.15) is 439 Å². The number of rotatable bonds is 70. The number of hydrogen-bond acceptors (Lipinski definition) is 8. The average molecular weight is 1320 g/mol. The summed E-state index contributed by atoms with van der Waals surface area (Å²) in [6.07, 6.45) is 93.9. The smallest absolute Gasteiger partial charge is 0.217 e. The Kier molecular flexibility index (Phi) is 82.9. The van der Waals surface area contributed by atoms with Crippen molar-refractivity contribution in [3.63, 3.8) is 0 Å². The molecule has 0 saturated carbocycles. The summed E-state index contributed by atoms with van der Waals surface area (Å²) in [6, 6.07) is 0. The molecule has 0 bridgehead atoms. The number of nitrogens with zero attached hydrogens (tertiary/aromatic N) is 2. The number of quaternary nitrogens is 2. The molecular weight excluding hydrogens is 1160 g/mol. The minimum Gasteiger partial charge on any atom is -0.726 e. The zero-order chi connectivity index (χ0) is 67.5. The maximum absolute atomic E-state index is 9.22. The maximum Gasteiger partial charge on any atom is 0.217 e. The normalized spacial score (nSPS) is 12.0. The Bertz CT molecular complexity index is 1340. The van der Waals surface area contributed by atoms with Crippen LogP contribution in [0.5, 0.6) is 0 Å². The Morgan fingerprint density at radius 2 is 0.278 bits per heavy atom. The quantitative estimate of drug-likeness (QED) is 0.0254. The molecule has 0 aromatic carbocycles. The van der Waals surface area contributed by atoms with E-state index in [1.54, 1.807) is 0 Å². The fourth-order valence-electron chi connectivity index (χ4n) is 12.6. The molecule has 0 aliphatic rings. The van der Waals surface area contributed by atoms with E-state index in [1.807, 2.05) is 0 Å². The van der Waals surface area contributed by atoms with Crippen LogP contribution in [0.25, 0.3) is 0 Å². The molecule has 0 aliphatic carbocycles. The molecule has 0 atom stereocenters. The molecule has 0 heterocycles. The van der Waals surface area contributed by atoms with Crippen molar-refractivity contribution >= 4 is 20.8 Å². The van der Waals surface area contributed by atoms with E-state index >= 15 is 0 Å². The van der Waals surface area contributed by atoms with Gasteiger partial charge in [-0.3, -0.25) is 8.37 Å². The second-order valence-corrected chi connectivity index (χ2v) is 31.4. The van der Waals surface area contributed by atoms with E-state index in [2.05, 4.69) is 64.3 Å². The summed E-state index contributed by atoms with van der Waals surface area (Å²) in [7, 11) is 2.67. The molecule has 0 radical (unpaired) electrons. The van der Waals surface area contributed by atoms with Crippen LogP contribution in [0.2, 0.25) is 0 Å². The zero-order valence-electron chi connectivity index (χ0n) is 63.1. The molecule has 0 saturated heterocycles. The SMILES string of the molecule is CCCCCCCCCCCCCCCCCC[N+](C)(C)CCCCCCCCCCCCCCCCCC.CCCCCCCCCCCCCCCCCC[N+](C)(C)CCCCCCCCCCCCCCCCCC.COS(=O)(=O)[O-].COS(=O)(=O)[O-]. The lowest BCUT2D eigenvalue weighted by molar-refractivity contribution is -0.890. The van der Waals surface area contributed by atoms with Crippen LogP contribution < -0.4 is 0 Å². The van der Waals surface area contributed by atoms with Gasteiger partial charge in [0.05, 0.1) is 68.6 Å². The second kappa shape index (κ2) is 77.7. The van der Waals surface area contributed by atoms with Crippen LogP contribution in [-0.4, -0.2) is 103 Å². The summed E-state index contributed by atoms with van der Waals surface area (Å²) in [6.45, 7) is 14.8. The highest BCUT2D eigenvalue weighted by Crippen LogP contribution is 2.20. The Morgan fingerprint density at radius 3 is 0.356 bits per heavy atom. The monoisotopic (exact) mass is 1320 g/mol. The Morgan fingerprint density at radius 1 is 0.200 bits per heavy atom. The summed E-state index contributed by atoms with van der Waals surface area (Å²) < 4.78 is 64.5. The van der Waals surface area contributed by atoms with Gasteiger partial charge in [-0.1, -0.05) is 387 Å². The third kappa shape index (κ3) is 98.7. The molecule has 548 valence electrons. The lowest BCUT2D eigenvalue weighted by Gasteiger charge is -2.30. The number of unbranched alkanes of at least 4 members (excludes halogenated alkanes) is 60. The van der Waals surface area contributed by atoms with Gasteiger partial charge in [-0.05, 0) is 51.4 Å². The van der Waals surface area contributed by atoms with Gasteiger partial charge in [0.25, 0.3) is 0 Å². The second-order valence-electron chi connectivity index (χ2n) is 29.1. The predicted octanol–water partition coefficient (Wildman–Crippen LogP) is 25.4. The summed E-state index contributed by atoms with van der Waals surface area (Å²) in [5.74, 6) is 0. The predicted molar refractivity (Wildman–Crippen MR) is 395 cm³/mol. The van der Waals surface area contributed by atoms with Crippen molar-refractivity contribution in [2.24, 2.45) is 0 Å². The van der Waals surface area contributed by atoms with Crippen molar-refractivity contribution in [2.45, 2.75) is 439 Å². The summed E-state index contributed by atoms with van der Waals surface area (Å²) >= 11 is 0. The molecule has 10 nitrogen and oxygen atoms in total. The molecule has 0 spiro atoms. The minimum absolute atomic E-state index is 0.808. The highest BCUT2D eigenvalue weighted by Gasteiger charge is 2.15. The topological polar surface area (TPSA) is 133 Å². The van der Waals surface area contributed by atoms with Crippen molar-refractivity contribution in [1.82, 2.24) is 0 Å². The largest absolute Gasteiger partial charge is 0.726 e. The third-order valence-electron chi connectivity index (χ3n) is 18.9. The minimum atomic E-state index is -4.41. The van der Waals surface area contributed by atoms with E-state index in [0.29, 0.717) is 0 Å². The average Bonchev–Trinajstić information content (AvgIpc) is 3.72. The van der Waals surface area contributed by atoms with Gasteiger partial charge in [-0.15, -0.1) is 0 Å². The first-order valence-corrected chi connectivity index (χ1v) is 42.7. The van der Waals surface area contributed by atoms with E-state index in [4.69, 9.17) is 0 Å². The molecular formula is C78H166N2O8S2. The molecule has 0 aliphatic heterocycles. The van der Waals surface area contributed by atoms with Gasteiger partial charge in [0, 0.05) is 0 Å². The van der Waals surface area contributed by atoms with Gasteiger partial charge in [-0.25, -0.2) is 16.8 Å². The molecule has 90 heavy (non-hydrogen) atoms. The van der Waals surface area contributed by atoms with Gasteiger partial charge >= 0.3 is 0 Å². The highest BCUT2D eigenvalue weighted by molar-refractivity contribution is 7.81. The van der Waals surface area contributed by atoms with Crippen molar-refractivity contribution in [3.8, 4) is 0 Å². The van der Waals surface area contributed by atoms with Crippen LogP contribution in [0.3, 0.4) is 0 Å². The molecule has 0 N–H and O–H groups in total. The Labute approximate surface area is 568 Å². The van der Waals surface area contributed by atoms with Crippen LogP contribution in [0, 0.1) is 0 Å². The molecule has 0 aromatic rings. The van der Waals surface area contributed by atoms with E-state index in [9.17, 15) is 25.9 Å². The molecule has 12 heteroatoms. The van der Waals surface area contributed by atoms with E-state index in [1.165, 1.54) is 446 Å². The molecule has 0 rings (SSSR count). The molecule has 0 fully saturated rings. The van der Waals surface area contributed by atoms with Crippen molar-refractivity contribution in [1.29, 1.82) is 0 Å². The van der Waals surface area contributed by atoms with E-state index in [0.717, 1.165) is 14.2 Å². The van der Waals surface area contributed by atoms with E-state index < -0.39 is 20.8 Å².